The fourth-order valence-corrected chi connectivity index (χ4v) is 3.85. The largest absolute Gasteiger partial charge is 0.463 e. The second-order valence-corrected chi connectivity index (χ2v) is 8.57. The average Bonchev–Trinajstić information content (AvgIpc) is 2.75. The molecular formula is C25H35F2NO4. The van der Waals surface area contributed by atoms with E-state index in [9.17, 15) is 23.5 Å². The van der Waals surface area contributed by atoms with Gasteiger partial charge in [0.25, 0.3) is 0 Å². The summed E-state index contributed by atoms with van der Waals surface area (Å²) >= 11 is 0. The lowest BCUT2D eigenvalue weighted by atomic mass is 9.98. The van der Waals surface area contributed by atoms with Crippen LogP contribution in [0.3, 0.4) is 0 Å². The van der Waals surface area contributed by atoms with Gasteiger partial charge in [-0.05, 0) is 39.5 Å². The number of likely N-dealkylation sites (tertiary alicyclic amines) is 1. The van der Waals surface area contributed by atoms with Gasteiger partial charge in [0.05, 0.1) is 12.1 Å². The second-order valence-electron chi connectivity index (χ2n) is 8.57. The number of rotatable bonds is 12. The number of hydrogen-bond donors (Lipinski definition) is 1. The first-order valence-corrected chi connectivity index (χ1v) is 11.5. The molecule has 1 aliphatic heterocycles. The van der Waals surface area contributed by atoms with Crippen LogP contribution in [-0.4, -0.2) is 46.7 Å². The Labute approximate surface area is 189 Å². The number of aliphatic hydroxyl groups is 1. The van der Waals surface area contributed by atoms with E-state index in [4.69, 9.17) is 4.74 Å². The van der Waals surface area contributed by atoms with Gasteiger partial charge in [0.2, 0.25) is 5.91 Å². The number of alkyl halides is 2. The van der Waals surface area contributed by atoms with Crippen LogP contribution in [-0.2, 0) is 20.2 Å². The normalized spacial score (nSPS) is 18.4. The molecule has 0 unspecified atom stereocenters. The van der Waals surface area contributed by atoms with Gasteiger partial charge in [-0.2, -0.15) is 8.78 Å². The lowest BCUT2D eigenvalue weighted by Crippen LogP contribution is -2.43. The summed E-state index contributed by atoms with van der Waals surface area (Å²) in [6.45, 7) is 4.18. The van der Waals surface area contributed by atoms with E-state index in [1.54, 1.807) is 17.0 Å². The highest BCUT2D eigenvalue weighted by molar-refractivity contribution is 5.77. The number of amides is 1. The highest BCUT2D eigenvalue weighted by Gasteiger charge is 2.39. The number of unbranched alkanes of at least 4 members (excludes halogenated alkanes) is 3. The standard InChI is InChI=1S/C25H35F2NO4/c1-19(2)32-24(31)15-8-3-4-9-18-28-21(13-10-14-23(28)30)16-17-22(29)25(26,27)20-11-6-5-7-12-20/h5-7,11-12,16-17,19,21-22,29H,3-4,8-10,13-15,18H2,1-2H3/t21-,22-/m1/s1. The monoisotopic (exact) mass is 451 g/mol. The Morgan fingerprint density at radius 3 is 2.59 bits per heavy atom. The maximum atomic E-state index is 14.5. The molecule has 1 aliphatic rings. The minimum Gasteiger partial charge on any atom is -0.463 e. The third-order valence-electron chi connectivity index (χ3n) is 5.55. The van der Waals surface area contributed by atoms with Gasteiger partial charge in [0.1, 0.15) is 6.10 Å². The van der Waals surface area contributed by atoms with Crippen molar-refractivity contribution in [2.45, 2.75) is 89.4 Å². The van der Waals surface area contributed by atoms with Crippen LogP contribution in [0.15, 0.2) is 42.5 Å². The summed E-state index contributed by atoms with van der Waals surface area (Å²) in [5.74, 6) is -3.59. The number of esters is 1. The van der Waals surface area contributed by atoms with Gasteiger partial charge in [-0.3, -0.25) is 9.59 Å². The van der Waals surface area contributed by atoms with Crippen molar-refractivity contribution >= 4 is 11.9 Å². The number of nitrogens with zero attached hydrogens (tertiary/aromatic N) is 1. The quantitative estimate of drug-likeness (QED) is 0.277. The maximum absolute atomic E-state index is 14.5. The third kappa shape index (κ3) is 8.01. The number of aliphatic hydroxyl groups excluding tert-OH is 1. The van der Waals surface area contributed by atoms with Gasteiger partial charge in [-0.25, -0.2) is 0 Å². The molecule has 0 bridgehead atoms. The molecule has 0 aliphatic carbocycles. The molecule has 7 heteroatoms. The van der Waals surface area contributed by atoms with Crippen molar-refractivity contribution in [2.75, 3.05) is 6.54 Å². The van der Waals surface area contributed by atoms with Crippen LogP contribution in [0.25, 0.3) is 0 Å². The topological polar surface area (TPSA) is 66.8 Å². The Morgan fingerprint density at radius 1 is 1.22 bits per heavy atom. The van der Waals surface area contributed by atoms with Crippen molar-refractivity contribution in [3.8, 4) is 0 Å². The molecule has 2 atom stereocenters. The van der Waals surface area contributed by atoms with E-state index in [0.717, 1.165) is 31.8 Å². The van der Waals surface area contributed by atoms with Crippen LogP contribution in [0.4, 0.5) is 8.78 Å². The van der Waals surface area contributed by atoms with Gasteiger partial charge in [-0.1, -0.05) is 55.3 Å². The molecule has 5 nitrogen and oxygen atoms in total. The van der Waals surface area contributed by atoms with Crippen LogP contribution in [0.5, 0.6) is 0 Å². The molecule has 0 aromatic heterocycles. The first-order valence-electron chi connectivity index (χ1n) is 11.5. The highest BCUT2D eigenvalue weighted by Crippen LogP contribution is 2.32. The Morgan fingerprint density at radius 2 is 1.91 bits per heavy atom. The molecule has 1 aromatic rings. The van der Waals surface area contributed by atoms with E-state index in [0.29, 0.717) is 32.2 Å². The zero-order valence-corrected chi connectivity index (χ0v) is 19.0. The third-order valence-corrected chi connectivity index (χ3v) is 5.55. The second kappa shape index (κ2) is 12.7. The van der Waals surface area contributed by atoms with Gasteiger partial charge >= 0.3 is 11.9 Å². The Kier molecular flexibility index (Phi) is 10.3. The van der Waals surface area contributed by atoms with Crippen LogP contribution >= 0.6 is 0 Å². The van der Waals surface area contributed by atoms with E-state index < -0.39 is 12.0 Å². The fraction of sp³-hybridized carbons (Fsp3) is 0.600. The van der Waals surface area contributed by atoms with E-state index in [-0.39, 0.29) is 29.6 Å². The molecule has 1 N–H and O–H groups in total. The Hall–Kier alpha value is -2.28. The molecule has 178 valence electrons. The average molecular weight is 452 g/mol. The van der Waals surface area contributed by atoms with Crippen LogP contribution < -0.4 is 0 Å². The van der Waals surface area contributed by atoms with Crippen LogP contribution in [0.1, 0.15) is 70.8 Å². The van der Waals surface area contributed by atoms with Gasteiger partial charge < -0.3 is 14.7 Å². The summed E-state index contributed by atoms with van der Waals surface area (Å²) in [6.07, 6.45) is 6.06. The molecule has 0 spiro atoms. The van der Waals surface area contributed by atoms with Crippen molar-refractivity contribution < 1.29 is 28.2 Å². The number of benzene rings is 1. The molecule has 0 radical (unpaired) electrons. The fourth-order valence-electron chi connectivity index (χ4n) is 3.85. The molecule has 1 amide bonds. The molecule has 1 heterocycles. The molecular weight excluding hydrogens is 416 g/mol. The first-order chi connectivity index (χ1) is 15.2. The molecule has 2 rings (SSSR count). The SMILES string of the molecule is CC(C)OC(=O)CCCCCCN1C(=O)CCC[C@@H]1C=C[C@@H](O)C(F)(F)c1ccccc1. The van der Waals surface area contributed by atoms with E-state index >= 15 is 0 Å². The van der Waals surface area contributed by atoms with Crippen molar-refractivity contribution in [1.82, 2.24) is 4.90 Å². The van der Waals surface area contributed by atoms with E-state index in [1.807, 2.05) is 13.8 Å². The number of piperidine rings is 1. The summed E-state index contributed by atoms with van der Waals surface area (Å²) in [5.41, 5.74) is -0.244. The van der Waals surface area contributed by atoms with Gasteiger partial charge in [-0.15, -0.1) is 0 Å². The van der Waals surface area contributed by atoms with Gasteiger partial charge in [0, 0.05) is 24.9 Å². The molecule has 1 saturated heterocycles. The van der Waals surface area contributed by atoms with Crippen molar-refractivity contribution in [1.29, 1.82) is 0 Å². The number of halogens is 2. The van der Waals surface area contributed by atoms with Crippen molar-refractivity contribution in [3.05, 3.63) is 48.0 Å². The molecule has 32 heavy (non-hydrogen) atoms. The molecule has 1 aromatic carbocycles. The number of hydrogen-bond acceptors (Lipinski definition) is 4. The molecule has 0 saturated carbocycles. The lowest BCUT2D eigenvalue weighted by molar-refractivity contribution is -0.147. The van der Waals surface area contributed by atoms with Crippen molar-refractivity contribution in [2.24, 2.45) is 0 Å². The summed E-state index contributed by atoms with van der Waals surface area (Å²) in [6, 6.07) is 6.94. The minimum absolute atomic E-state index is 0.00993. The maximum Gasteiger partial charge on any atom is 0.306 e. The summed E-state index contributed by atoms with van der Waals surface area (Å²) < 4.78 is 34.1. The zero-order chi connectivity index (χ0) is 23.6. The van der Waals surface area contributed by atoms with E-state index in [2.05, 4.69) is 0 Å². The Balaban J connectivity index is 1.83. The summed E-state index contributed by atoms with van der Waals surface area (Å²) in [4.78, 5) is 25.7. The van der Waals surface area contributed by atoms with Crippen molar-refractivity contribution in [3.63, 3.8) is 0 Å². The summed E-state index contributed by atoms with van der Waals surface area (Å²) in [5, 5.41) is 10.1. The van der Waals surface area contributed by atoms with Crippen LogP contribution in [0, 0.1) is 0 Å². The minimum atomic E-state index is -3.40. The Bertz CT molecular complexity index is 752. The summed E-state index contributed by atoms with van der Waals surface area (Å²) in [7, 11) is 0. The lowest BCUT2D eigenvalue weighted by Gasteiger charge is -2.34. The van der Waals surface area contributed by atoms with Crippen LogP contribution in [0.2, 0.25) is 0 Å². The number of ether oxygens (including phenoxy) is 1. The smallest absolute Gasteiger partial charge is 0.306 e. The predicted octanol–water partition coefficient (Wildman–Crippen LogP) is 4.98. The van der Waals surface area contributed by atoms with E-state index in [1.165, 1.54) is 24.3 Å². The predicted molar refractivity (Wildman–Crippen MR) is 119 cm³/mol. The van der Waals surface area contributed by atoms with Gasteiger partial charge in [0.15, 0.2) is 0 Å². The number of carbonyl (C=O) groups is 2. The first kappa shape index (κ1) is 26.0. The zero-order valence-electron chi connectivity index (χ0n) is 19.0. The molecule has 1 fully saturated rings. The highest BCUT2D eigenvalue weighted by atomic mass is 19.3. The number of carbonyl (C=O) groups excluding carboxylic acids is 2.